The molecule has 106 valence electrons. The number of anilines is 1. The Labute approximate surface area is 117 Å². The predicted octanol–water partition coefficient (Wildman–Crippen LogP) is 1.63. The second-order valence-corrected chi connectivity index (χ2v) is 5.92. The highest BCUT2D eigenvalue weighted by Gasteiger charge is 2.20. The molecule has 2 amide bonds. The monoisotopic (exact) mass is 283 g/mol. The van der Waals surface area contributed by atoms with Crippen LogP contribution in [0.4, 0.5) is 5.69 Å². The van der Waals surface area contributed by atoms with Crippen LogP contribution in [0, 0.1) is 6.92 Å². The van der Waals surface area contributed by atoms with Crippen LogP contribution >= 0.6 is 11.3 Å². The number of rotatable bonds is 5. The third-order valence-corrected chi connectivity index (χ3v) is 3.67. The molecule has 0 unspecified atom stereocenters. The largest absolute Gasteiger partial charge is 0.398 e. The normalized spacial score (nSPS) is 10.6. The topological polar surface area (TPSA) is 75.4 Å². The number of hydrogen-bond donors (Lipinski definition) is 2. The molecule has 0 aliphatic carbocycles. The number of nitrogen functional groups attached to an aromatic ring is 1. The Hall–Kier alpha value is -1.56. The van der Waals surface area contributed by atoms with E-state index >= 15 is 0 Å². The molecule has 0 aliphatic rings. The van der Waals surface area contributed by atoms with Crippen LogP contribution in [0.1, 0.15) is 35.3 Å². The summed E-state index contributed by atoms with van der Waals surface area (Å²) in [5, 5.41) is 2.78. The van der Waals surface area contributed by atoms with E-state index in [1.54, 1.807) is 6.07 Å². The molecule has 5 nitrogen and oxygen atoms in total. The van der Waals surface area contributed by atoms with Crippen LogP contribution in [0.2, 0.25) is 0 Å². The van der Waals surface area contributed by atoms with Crippen molar-refractivity contribution in [2.75, 3.05) is 18.8 Å². The quantitative estimate of drug-likeness (QED) is 0.862. The van der Waals surface area contributed by atoms with E-state index in [0.29, 0.717) is 17.1 Å². The van der Waals surface area contributed by atoms with Gasteiger partial charge >= 0.3 is 0 Å². The van der Waals surface area contributed by atoms with Crippen molar-refractivity contribution in [1.82, 2.24) is 10.2 Å². The lowest BCUT2D eigenvalue weighted by molar-refractivity contribution is -0.122. The van der Waals surface area contributed by atoms with Gasteiger partial charge in [-0.1, -0.05) is 0 Å². The fraction of sp³-hybridized carbons (Fsp3) is 0.538. The van der Waals surface area contributed by atoms with Gasteiger partial charge in [-0.05, 0) is 33.8 Å². The zero-order valence-corrected chi connectivity index (χ0v) is 12.6. The summed E-state index contributed by atoms with van der Waals surface area (Å²) in [5.41, 5.74) is 6.37. The Balaban J connectivity index is 2.74. The molecule has 1 aromatic heterocycles. The van der Waals surface area contributed by atoms with Crippen LogP contribution in [-0.4, -0.2) is 35.8 Å². The maximum atomic E-state index is 12.3. The van der Waals surface area contributed by atoms with Crippen molar-refractivity contribution in [3.63, 3.8) is 0 Å². The van der Waals surface area contributed by atoms with E-state index in [9.17, 15) is 9.59 Å². The maximum absolute atomic E-state index is 12.3. The van der Waals surface area contributed by atoms with Crippen LogP contribution in [0.5, 0.6) is 0 Å². The van der Waals surface area contributed by atoms with E-state index < -0.39 is 0 Å². The van der Waals surface area contributed by atoms with Gasteiger partial charge in [0.1, 0.15) is 0 Å². The lowest BCUT2D eigenvalue weighted by Gasteiger charge is -2.20. The fourth-order valence-corrected chi connectivity index (χ4v) is 2.53. The molecule has 19 heavy (non-hydrogen) atoms. The smallest absolute Gasteiger partial charge is 0.264 e. The predicted molar refractivity (Wildman–Crippen MR) is 78.3 cm³/mol. The first kappa shape index (κ1) is 15.5. The van der Waals surface area contributed by atoms with Crippen LogP contribution < -0.4 is 11.1 Å². The minimum absolute atomic E-state index is 0.0703. The molecule has 0 spiro atoms. The second-order valence-electron chi connectivity index (χ2n) is 4.66. The molecule has 1 rings (SSSR count). The van der Waals surface area contributed by atoms with Crippen LogP contribution in [0.15, 0.2) is 6.07 Å². The summed E-state index contributed by atoms with van der Waals surface area (Å²) in [4.78, 5) is 27.0. The summed E-state index contributed by atoms with van der Waals surface area (Å²) >= 11 is 1.36. The summed E-state index contributed by atoms with van der Waals surface area (Å²) in [6.07, 6.45) is 0. The molecule has 3 N–H and O–H groups in total. The Morgan fingerprint density at radius 1 is 1.47 bits per heavy atom. The van der Waals surface area contributed by atoms with Crippen molar-refractivity contribution < 1.29 is 9.59 Å². The molecule has 0 aromatic carbocycles. The lowest BCUT2D eigenvalue weighted by atomic mass is 10.3. The van der Waals surface area contributed by atoms with Gasteiger partial charge in [-0.25, -0.2) is 0 Å². The van der Waals surface area contributed by atoms with Crippen LogP contribution in [0.25, 0.3) is 0 Å². The molecule has 0 aliphatic heterocycles. The molecular formula is C13H21N3O2S. The van der Waals surface area contributed by atoms with E-state index in [1.807, 2.05) is 27.7 Å². The average molecular weight is 283 g/mol. The number of carbonyl (C=O) groups is 2. The number of thiophene rings is 1. The zero-order chi connectivity index (χ0) is 14.6. The number of carbonyl (C=O) groups excluding carboxylic acids is 2. The molecule has 0 bridgehead atoms. The molecule has 0 fully saturated rings. The van der Waals surface area contributed by atoms with Gasteiger partial charge in [-0.3, -0.25) is 9.59 Å². The van der Waals surface area contributed by atoms with Gasteiger partial charge in [0.15, 0.2) is 0 Å². The number of likely N-dealkylation sites (N-methyl/N-ethyl adjacent to an activating group) is 1. The molecule has 0 saturated carbocycles. The summed E-state index contributed by atoms with van der Waals surface area (Å²) < 4.78 is 0. The molecule has 6 heteroatoms. The number of nitrogens with two attached hydrogens (primary N) is 1. The van der Waals surface area contributed by atoms with Crippen molar-refractivity contribution >= 4 is 28.8 Å². The van der Waals surface area contributed by atoms with Crippen molar-refractivity contribution in [1.29, 1.82) is 0 Å². The number of amides is 2. The summed E-state index contributed by atoms with van der Waals surface area (Å²) in [7, 11) is 0. The lowest BCUT2D eigenvalue weighted by Crippen LogP contribution is -2.42. The highest BCUT2D eigenvalue weighted by atomic mass is 32.1. The van der Waals surface area contributed by atoms with Crippen molar-refractivity contribution in [3.05, 3.63) is 15.8 Å². The van der Waals surface area contributed by atoms with Crippen LogP contribution in [0.3, 0.4) is 0 Å². The molecule has 1 aromatic rings. The van der Waals surface area contributed by atoms with Crippen molar-refractivity contribution in [3.8, 4) is 0 Å². The SMILES string of the molecule is CCN(CC(=O)NC(C)C)C(=O)c1cc(N)c(C)s1. The Bertz CT molecular complexity index is 449. The maximum Gasteiger partial charge on any atom is 0.264 e. The fourth-order valence-electron chi connectivity index (χ4n) is 1.63. The number of aryl methyl sites for hydroxylation is 1. The third-order valence-electron chi connectivity index (χ3n) is 2.62. The van der Waals surface area contributed by atoms with Gasteiger partial charge in [-0.2, -0.15) is 0 Å². The third kappa shape index (κ3) is 4.24. The molecule has 0 radical (unpaired) electrons. The van der Waals surface area contributed by atoms with E-state index in [0.717, 1.165) is 4.88 Å². The highest BCUT2D eigenvalue weighted by Crippen LogP contribution is 2.24. The summed E-state index contributed by atoms with van der Waals surface area (Å²) in [6.45, 7) is 8.06. The van der Waals surface area contributed by atoms with E-state index in [-0.39, 0.29) is 24.4 Å². The summed E-state index contributed by atoms with van der Waals surface area (Å²) in [6, 6.07) is 1.74. The van der Waals surface area contributed by atoms with Gasteiger partial charge in [0.25, 0.3) is 5.91 Å². The van der Waals surface area contributed by atoms with E-state index in [1.165, 1.54) is 16.2 Å². The number of nitrogens with one attached hydrogen (secondary N) is 1. The van der Waals surface area contributed by atoms with Gasteiger partial charge in [0, 0.05) is 23.2 Å². The standard InChI is InChI=1S/C13H21N3O2S/c1-5-16(7-12(17)15-8(2)3)13(18)11-6-10(14)9(4)19-11/h6,8H,5,7,14H2,1-4H3,(H,15,17). The minimum atomic E-state index is -0.147. The minimum Gasteiger partial charge on any atom is -0.398 e. The first-order valence-corrected chi connectivity index (χ1v) is 7.11. The summed E-state index contributed by atoms with van der Waals surface area (Å²) in [5.74, 6) is -0.294. The second kappa shape index (κ2) is 6.56. The van der Waals surface area contributed by atoms with Gasteiger partial charge in [0.05, 0.1) is 11.4 Å². The highest BCUT2D eigenvalue weighted by molar-refractivity contribution is 7.14. The van der Waals surface area contributed by atoms with Gasteiger partial charge in [0.2, 0.25) is 5.91 Å². The molecule has 1 heterocycles. The Kier molecular flexibility index (Phi) is 5.35. The Morgan fingerprint density at radius 3 is 2.53 bits per heavy atom. The van der Waals surface area contributed by atoms with Crippen LogP contribution in [-0.2, 0) is 4.79 Å². The Morgan fingerprint density at radius 2 is 2.11 bits per heavy atom. The number of hydrogen-bond acceptors (Lipinski definition) is 4. The van der Waals surface area contributed by atoms with E-state index in [4.69, 9.17) is 5.73 Å². The molecule has 0 atom stereocenters. The zero-order valence-electron chi connectivity index (χ0n) is 11.8. The first-order valence-electron chi connectivity index (χ1n) is 6.29. The average Bonchev–Trinajstić information content (AvgIpc) is 2.65. The first-order chi connectivity index (χ1) is 8.85. The van der Waals surface area contributed by atoms with Crippen molar-refractivity contribution in [2.45, 2.75) is 33.7 Å². The number of nitrogens with zero attached hydrogens (tertiary/aromatic N) is 1. The molecular weight excluding hydrogens is 262 g/mol. The van der Waals surface area contributed by atoms with E-state index in [2.05, 4.69) is 5.32 Å². The molecule has 0 saturated heterocycles. The van der Waals surface area contributed by atoms with Gasteiger partial charge in [-0.15, -0.1) is 11.3 Å². The van der Waals surface area contributed by atoms with Crippen molar-refractivity contribution in [2.24, 2.45) is 0 Å². The van der Waals surface area contributed by atoms with Gasteiger partial charge < -0.3 is 16.0 Å².